The molecular weight excluding hydrogens is 200 g/mol. The van der Waals surface area contributed by atoms with Gasteiger partial charge in [-0.2, -0.15) is 5.26 Å². The monoisotopic (exact) mass is 216 g/mol. The van der Waals surface area contributed by atoms with Crippen LogP contribution in [-0.2, 0) is 0 Å². The molecule has 16 heavy (non-hydrogen) atoms. The van der Waals surface area contributed by atoms with E-state index in [9.17, 15) is 4.79 Å². The Morgan fingerprint density at radius 2 is 2.12 bits per heavy atom. The van der Waals surface area contributed by atoms with E-state index in [1.807, 2.05) is 6.92 Å². The molecule has 1 fully saturated rings. The minimum absolute atomic E-state index is 0.413. The fourth-order valence-electron chi connectivity index (χ4n) is 2.67. The van der Waals surface area contributed by atoms with E-state index in [0.717, 1.165) is 24.8 Å². The van der Waals surface area contributed by atoms with Crippen LogP contribution in [0, 0.1) is 18.3 Å². The van der Waals surface area contributed by atoms with Gasteiger partial charge in [0.1, 0.15) is 6.07 Å². The lowest BCUT2D eigenvalue weighted by Crippen LogP contribution is -2.16. The third-order valence-electron chi connectivity index (χ3n) is 3.50. The second-order valence-corrected chi connectivity index (χ2v) is 4.46. The predicted octanol–water partition coefficient (Wildman–Crippen LogP) is 2.99. The fourth-order valence-corrected chi connectivity index (χ4v) is 2.67. The van der Waals surface area contributed by atoms with E-state index in [0.29, 0.717) is 17.3 Å². The zero-order valence-electron chi connectivity index (χ0n) is 9.57. The summed E-state index contributed by atoms with van der Waals surface area (Å²) in [6, 6.07) is 4.27. The Kier molecular flexibility index (Phi) is 3.09. The summed E-state index contributed by atoms with van der Waals surface area (Å²) in [7, 11) is 0. The molecule has 1 heterocycles. The van der Waals surface area contributed by atoms with Crippen LogP contribution >= 0.6 is 0 Å². The number of aromatic nitrogens is 1. The molecule has 0 saturated heterocycles. The molecular formula is C13H16N2O. The average Bonchev–Trinajstić information content (AvgIpc) is 2.66. The molecule has 0 atom stereocenters. The quantitative estimate of drug-likeness (QED) is 0.713. The topological polar surface area (TPSA) is 45.8 Å². The number of nitriles is 1. The Hall–Kier alpha value is -1.56. The molecule has 0 amide bonds. The average molecular weight is 216 g/mol. The van der Waals surface area contributed by atoms with Gasteiger partial charge in [0, 0.05) is 11.7 Å². The highest BCUT2D eigenvalue weighted by atomic mass is 16.1. The molecule has 1 aliphatic carbocycles. The van der Waals surface area contributed by atoms with Crippen molar-refractivity contribution in [2.45, 2.75) is 45.1 Å². The van der Waals surface area contributed by atoms with Crippen LogP contribution in [0.5, 0.6) is 0 Å². The maximum absolute atomic E-state index is 11.0. The van der Waals surface area contributed by atoms with Gasteiger partial charge in [-0.3, -0.25) is 4.79 Å². The van der Waals surface area contributed by atoms with Crippen molar-refractivity contribution in [2.75, 3.05) is 0 Å². The third-order valence-corrected chi connectivity index (χ3v) is 3.50. The lowest BCUT2D eigenvalue weighted by molar-refractivity contribution is 0.111. The number of hydrogen-bond acceptors (Lipinski definition) is 2. The zero-order valence-corrected chi connectivity index (χ0v) is 9.57. The number of rotatable bonds is 2. The second-order valence-electron chi connectivity index (χ2n) is 4.46. The Balaban J connectivity index is 2.41. The van der Waals surface area contributed by atoms with E-state index in [4.69, 9.17) is 5.26 Å². The number of carbonyl (C=O) groups excluding carboxylic acids is 1. The van der Waals surface area contributed by atoms with Gasteiger partial charge >= 0.3 is 0 Å². The van der Waals surface area contributed by atoms with Crippen LogP contribution in [-0.4, -0.2) is 10.9 Å². The number of aldehydes is 1. The minimum atomic E-state index is 0.413. The van der Waals surface area contributed by atoms with Crippen molar-refractivity contribution < 1.29 is 4.79 Å². The molecule has 3 heteroatoms. The van der Waals surface area contributed by atoms with Crippen LogP contribution in [0.3, 0.4) is 0 Å². The van der Waals surface area contributed by atoms with Crippen LogP contribution in [0.2, 0.25) is 0 Å². The van der Waals surface area contributed by atoms with Crippen LogP contribution in [0.15, 0.2) is 6.07 Å². The molecule has 1 aromatic rings. The Morgan fingerprint density at radius 3 is 2.69 bits per heavy atom. The molecule has 1 saturated carbocycles. The summed E-state index contributed by atoms with van der Waals surface area (Å²) < 4.78 is 2.06. The minimum Gasteiger partial charge on any atom is -0.338 e. The van der Waals surface area contributed by atoms with Gasteiger partial charge in [0.15, 0.2) is 6.29 Å². The van der Waals surface area contributed by atoms with E-state index in [-0.39, 0.29) is 0 Å². The first-order valence-electron chi connectivity index (χ1n) is 5.85. The highest BCUT2D eigenvalue weighted by molar-refractivity contribution is 5.74. The van der Waals surface area contributed by atoms with Gasteiger partial charge in [-0.15, -0.1) is 0 Å². The van der Waals surface area contributed by atoms with Crippen LogP contribution in [0.25, 0.3) is 0 Å². The largest absolute Gasteiger partial charge is 0.338 e. The molecule has 2 rings (SSSR count). The smallest absolute Gasteiger partial charge is 0.166 e. The maximum atomic E-state index is 11.0. The van der Waals surface area contributed by atoms with Crippen molar-refractivity contribution >= 4 is 6.29 Å². The molecule has 0 aromatic carbocycles. The Labute approximate surface area is 95.7 Å². The van der Waals surface area contributed by atoms with Gasteiger partial charge in [-0.25, -0.2) is 0 Å². The summed E-state index contributed by atoms with van der Waals surface area (Å²) in [6.45, 7) is 1.93. The van der Waals surface area contributed by atoms with Crippen LogP contribution < -0.4 is 0 Å². The SMILES string of the molecule is Cc1c(C#N)cc(C=O)n1C1CCCCC1. The van der Waals surface area contributed by atoms with Crippen molar-refractivity contribution in [2.24, 2.45) is 0 Å². The lowest BCUT2D eigenvalue weighted by atomic mass is 9.95. The van der Waals surface area contributed by atoms with E-state index in [1.54, 1.807) is 6.07 Å². The normalized spacial score (nSPS) is 17.0. The number of hydrogen-bond donors (Lipinski definition) is 0. The predicted molar refractivity (Wildman–Crippen MR) is 61.4 cm³/mol. The Morgan fingerprint density at radius 1 is 1.44 bits per heavy atom. The maximum Gasteiger partial charge on any atom is 0.166 e. The first-order chi connectivity index (χ1) is 7.77. The lowest BCUT2D eigenvalue weighted by Gasteiger charge is -2.25. The van der Waals surface area contributed by atoms with Gasteiger partial charge in [0.25, 0.3) is 0 Å². The fraction of sp³-hybridized carbons (Fsp3) is 0.538. The van der Waals surface area contributed by atoms with Crippen LogP contribution in [0.1, 0.15) is 59.9 Å². The van der Waals surface area contributed by atoms with E-state index < -0.39 is 0 Å². The highest BCUT2D eigenvalue weighted by Crippen LogP contribution is 2.31. The van der Waals surface area contributed by atoms with Gasteiger partial charge in [-0.1, -0.05) is 19.3 Å². The number of nitrogens with zero attached hydrogens (tertiary/aromatic N) is 2. The molecule has 84 valence electrons. The van der Waals surface area contributed by atoms with Gasteiger partial charge < -0.3 is 4.57 Å². The van der Waals surface area contributed by atoms with E-state index in [1.165, 1.54) is 19.3 Å². The first kappa shape index (κ1) is 10.9. The molecule has 0 radical (unpaired) electrons. The van der Waals surface area contributed by atoms with Crippen molar-refractivity contribution in [1.29, 1.82) is 5.26 Å². The summed E-state index contributed by atoms with van der Waals surface area (Å²) in [4.78, 5) is 11.0. The summed E-state index contributed by atoms with van der Waals surface area (Å²) >= 11 is 0. The summed E-state index contributed by atoms with van der Waals surface area (Å²) in [6.07, 6.45) is 6.86. The Bertz CT molecular complexity index is 434. The standard InChI is InChI=1S/C13H16N2O/c1-10-11(8-14)7-13(9-16)15(10)12-5-3-2-4-6-12/h7,9,12H,2-6H2,1H3. The van der Waals surface area contributed by atoms with Gasteiger partial charge in [0.2, 0.25) is 0 Å². The van der Waals surface area contributed by atoms with Crippen molar-refractivity contribution in [1.82, 2.24) is 4.57 Å². The number of carbonyl (C=O) groups is 1. The first-order valence-corrected chi connectivity index (χ1v) is 5.85. The second kappa shape index (κ2) is 4.52. The highest BCUT2D eigenvalue weighted by Gasteiger charge is 2.21. The molecule has 0 spiro atoms. The zero-order chi connectivity index (χ0) is 11.5. The molecule has 3 nitrogen and oxygen atoms in total. The van der Waals surface area contributed by atoms with E-state index >= 15 is 0 Å². The molecule has 0 unspecified atom stereocenters. The van der Waals surface area contributed by atoms with Crippen molar-refractivity contribution in [3.05, 3.63) is 23.0 Å². The van der Waals surface area contributed by atoms with Crippen LogP contribution in [0.4, 0.5) is 0 Å². The third kappa shape index (κ3) is 1.76. The molecule has 1 aromatic heterocycles. The summed E-state index contributed by atoms with van der Waals surface area (Å²) in [5.41, 5.74) is 2.23. The molecule has 0 bridgehead atoms. The van der Waals surface area contributed by atoms with Gasteiger partial charge in [0.05, 0.1) is 11.3 Å². The van der Waals surface area contributed by atoms with E-state index in [2.05, 4.69) is 10.6 Å². The molecule has 1 aliphatic rings. The van der Waals surface area contributed by atoms with Gasteiger partial charge in [-0.05, 0) is 25.8 Å². The summed E-state index contributed by atoms with van der Waals surface area (Å²) in [5, 5.41) is 8.97. The molecule has 0 aliphatic heterocycles. The van der Waals surface area contributed by atoms with Crippen molar-refractivity contribution in [3.8, 4) is 6.07 Å². The summed E-state index contributed by atoms with van der Waals surface area (Å²) in [5.74, 6) is 0. The molecule has 0 N–H and O–H groups in total. The van der Waals surface area contributed by atoms with Crippen molar-refractivity contribution in [3.63, 3.8) is 0 Å².